The largest absolute Gasteiger partial charge is 0.336 e. The zero-order chi connectivity index (χ0) is 23.0. The number of carbonyl (C=O) groups excluding carboxylic acids is 1. The van der Waals surface area contributed by atoms with Crippen LogP contribution in [-0.4, -0.2) is 59.5 Å². The van der Waals surface area contributed by atoms with Gasteiger partial charge in [0.15, 0.2) is 0 Å². The van der Waals surface area contributed by atoms with Gasteiger partial charge in [-0.3, -0.25) is 4.79 Å². The Bertz CT molecular complexity index is 1260. The quantitative estimate of drug-likeness (QED) is 0.609. The SMILES string of the molecule is Cc1ccc(S(=O)(=O)N2CCN(C(=O)c3c(C)nn(-c4ccccc4)c3C)CC2)c(C)c1. The number of aromatic nitrogens is 2. The van der Waals surface area contributed by atoms with Gasteiger partial charge in [-0.2, -0.15) is 9.40 Å². The Morgan fingerprint density at radius 1 is 0.906 bits per heavy atom. The molecule has 8 heteroatoms. The predicted molar refractivity (Wildman–Crippen MR) is 124 cm³/mol. The van der Waals surface area contributed by atoms with Crippen molar-refractivity contribution in [2.24, 2.45) is 0 Å². The molecule has 1 aromatic heterocycles. The molecular weight excluding hydrogens is 424 g/mol. The molecule has 0 spiro atoms. The number of para-hydroxylation sites is 1. The molecule has 1 saturated heterocycles. The maximum absolute atomic E-state index is 13.3. The smallest absolute Gasteiger partial charge is 0.257 e. The molecule has 0 atom stereocenters. The second-order valence-electron chi connectivity index (χ2n) is 8.26. The van der Waals surface area contributed by atoms with E-state index in [1.807, 2.05) is 70.2 Å². The van der Waals surface area contributed by atoms with E-state index in [2.05, 4.69) is 5.10 Å². The summed E-state index contributed by atoms with van der Waals surface area (Å²) in [5.41, 5.74) is 4.70. The fourth-order valence-electron chi connectivity index (χ4n) is 4.29. The number of nitrogens with zero attached hydrogens (tertiary/aromatic N) is 4. The number of hydrogen-bond donors (Lipinski definition) is 0. The molecule has 4 rings (SSSR count). The Hall–Kier alpha value is -2.97. The van der Waals surface area contributed by atoms with Gasteiger partial charge in [0.1, 0.15) is 0 Å². The van der Waals surface area contributed by atoms with E-state index < -0.39 is 10.0 Å². The van der Waals surface area contributed by atoms with Crippen LogP contribution in [0.15, 0.2) is 53.4 Å². The highest BCUT2D eigenvalue weighted by Gasteiger charge is 2.33. The molecule has 1 fully saturated rings. The summed E-state index contributed by atoms with van der Waals surface area (Å²) in [5, 5.41) is 4.57. The molecule has 2 heterocycles. The van der Waals surface area contributed by atoms with E-state index in [-0.39, 0.29) is 19.0 Å². The molecule has 0 aliphatic carbocycles. The molecule has 32 heavy (non-hydrogen) atoms. The normalized spacial score (nSPS) is 15.2. The van der Waals surface area contributed by atoms with Gasteiger partial charge in [0.2, 0.25) is 10.0 Å². The summed E-state index contributed by atoms with van der Waals surface area (Å²) in [5.74, 6) is -0.106. The molecule has 3 aromatic rings. The topological polar surface area (TPSA) is 75.5 Å². The standard InChI is InChI=1S/C24H28N4O3S/c1-17-10-11-22(18(2)16-17)32(30,31)27-14-12-26(13-15-27)24(29)23-19(3)25-28(20(23)4)21-8-6-5-7-9-21/h5-11,16H,12-15H2,1-4H3. The van der Waals surface area contributed by atoms with Crippen molar-refractivity contribution in [2.45, 2.75) is 32.6 Å². The number of benzene rings is 2. The van der Waals surface area contributed by atoms with Gasteiger partial charge in [0.05, 0.1) is 27.5 Å². The first-order chi connectivity index (χ1) is 15.2. The molecule has 0 unspecified atom stereocenters. The Kier molecular flexibility index (Phi) is 5.92. The number of piperazine rings is 1. The van der Waals surface area contributed by atoms with Crippen molar-refractivity contribution in [3.63, 3.8) is 0 Å². The van der Waals surface area contributed by atoms with Crippen molar-refractivity contribution in [2.75, 3.05) is 26.2 Å². The van der Waals surface area contributed by atoms with Crippen molar-refractivity contribution >= 4 is 15.9 Å². The van der Waals surface area contributed by atoms with Crippen LogP contribution in [-0.2, 0) is 10.0 Å². The molecule has 168 valence electrons. The Morgan fingerprint density at radius 2 is 1.56 bits per heavy atom. The van der Waals surface area contributed by atoms with E-state index in [9.17, 15) is 13.2 Å². The monoisotopic (exact) mass is 452 g/mol. The highest BCUT2D eigenvalue weighted by Crippen LogP contribution is 2.24. The summed E-state index contributed by atoms with van der Waals surface area (Å²) in [6.07, 6.45) is 0. The molecule has 0 saturated carbocycles. The van der Waals surface area contributed by atoms with Crippen molar-refractivity contribution in [1.82, 2.24) is 19.0 Å². The van der Waals surface area contributed by atoms with Crippen LogP contribution >= 0.6 is 0 Å². The number of hydrogen-bond acceptors (Lipinski definition) is 4. The molecule has 1 aliphatic heterocycles. The Labute approximate surface area is 189 Å². The van der Waals surface area contributed by atoms with Crippen LogP contribution in [0.1, 0.15) is 32.9 Å². The highest BCUT2D eigenvalue weighted by molar-refractivity contribution is 7.89. The van der Waals surface area contributed by atoms with Gasteiger partial charge in [-0.15, -0.1) is 0 Å². The summed E-state index contributed by atoms with van der Waals surface area (Å²) < 4.78 is 29.5. The lowest BCUT2D eigenvalue weighted by molar-refractivity contribution is 0.0696. The predicted octanol–water partition coefficient (Wildman–Crippen LogP) is 3.25. The van der Waals surface area contributed by atoms with Crippen LogP contribution < -0.4 is 0 Å². The van der Waals surface area contributed by atoms with Crippen LogP contribution in [0, 0.1) is 27.7 Å². The second kappa shape index (κ2) is 8.52. The molecule has 2 aromatic carbocycles. The fraction of sp³-hybridized carbons (Fsp3) is 0.333. The number of amides is 1. The Balaban J connectivity index is 1.52. The van der Waals surface area contributed by atoms with E-state index in [4.69, 9.17) is 0 Å². The molecule has 7 nitrogen and oxygen atoms in total. The van der Waals surface area contributed by atoms with Gasteiger partial charge in [-0.1, -0.05) is 35.9 Å². The molecular formula is C24H28N4O3S. The average Bonchev–Trinajstić information content (AvgIpc) is 3.07. The third-order valence-corrected chi connectivity index (χ3v) is 8.04. The van der Waals surface area contributed by atoms with Gasteiger partial charge < -0.3 is 4.90 Å². The number of aryl methyl sites for hydroxylation is 3. The van der Waals surface area contributed by atoms with Crippen LogP contribution in [0.4, 0.5) is 0 Å². The van der Waals surface area contributed by atoms with Gasteiger partial charge in [0, 0.05) is 26.2 Å². The fourth-order valence-corrected chi connectivity index (χ4v) is 5.92. The Morgan fingerprint density at radius 3 is 2.19 bits per heavy atom. The molecule has 0 radical (unpaired) electrons. The zero-order valence-corrected chi connectivity index (χ0v) is 19.7. The van der Waals surface area contributed by atoms with Crippen molar-refractivity contribution < 1.29 is 13.2 Å². The van der Waals surface area contributed by atoms with Crippen LogP contribution in [0.2, 0.25) is 0 Å². The van der Waals surface area contributed by atoms with Crippen molar-refractivity contribution in [3.8, 4) is 5.69 Å². The average molecular weight is 453 g/mol. The van der Waals surface area contributed by atoms with Crippen molar-refractivity contribution in [1.29, 1.82) is 0 Å². The van der Waals surface area contributed by atoms with E-state index in [0.717, 1.165) is 22.5 Å². The molecule has 0 bridgehead atoms. The minimum Gasteiger partial charge on any atom is -0.336 e. The summed E-state index contributed by atoms with van der Waals surface area (Å²) >= 11 is 0. The zero-order valence-electron chi connectivity index (χ0n) is 18.9. The van der Waals surface area contributed by atoms with E-state index in [0.29, 0.717) is 29.2 Å². The van der Waals surface area contributed by atoms with Gasteiger partial charge in [-0.05, 0) is 51.5 Å². The van der Waals surface area contributed by atoms with Crippen LogP contribution in [0.25, 0.3) is 5.69 Å². The number of carbonyl (C=O) groups is 1. The lowest BCUT2D eigenvalue weighted by atomic mass is 10.1. The lowest BCUT2D eigenvalue weighted by Gasteiger charge is -2.34. The maximum atomic E-state index is 13.3. The van der Waals surface area contributed by atoms with Crippen LogP contribution in [0.3, 0.4) is 0 Å². The first-order valence-electron chi connectivity index (χ1n) is 10.7. The maximum Gasteiger partial charge on any atom is 0.257 e. The first-order valence-corrected chi connectivity index (χ1v) is 12.1. The van der Waals surface area contributed by atoms with Gasteiger partial charge >= 0.3 is 0 Å². The third kappa shape index (κ3) is 3.96. The summed E-state index contributed by atoms with van der Waals surface area (Å²) in [7, 11) is -3.59. The van der Waals surface area contributed by atoms with E-state index >= 15 is 0 Å². The van der Waals surface area contributed by atoms with Crippen LogP contribution in [0.5, 0.6) is 0 Å². The molecule has 1 aliphatic rings. The number of sulfonamides is 1. The van der Waals surface area contributed by atoms with E-state index in [1.54, 1.807) is 15.6 Å². The van der Waals surface area contributed by atoms with Crippen molar-refractivity contribution in [3.05, 3.63) is 76.6 Å². The summed E-state index contributed by atoms with van der Waals surface area (Å²) in [4.78, 5) is 15.4. The summed E-state index contributed by atoms with van der Waals surface area (Å²) in [6, 6.07) is 15.1. The second-order valence-corrected chi connectivity index (χ2v) is 10.2. The highest BCUT2D eigenvalue weighted by atomic mass is 32.2. The first kappa shape index (κ1) is 22.2. The van der Waals surface area contributed by atoms with E-state index in [1.165, 1.54) is 4.31 Å². The molecule has 1 amide bonds. The van der Waals surface area contributed by atoms with Gasteiger partial charge in [0.25, 0.3) is 5.91 Å². The lowest BCUT2D eigenvalue weighted by Crippen LogP contribution is -2.50. The minimum atomic E-state index is -3.59. The third-order valence-electron chi connectivity index (χ3n) is 5.98. The number of rotatable bonds is 4. The van der Waals surface area contributed by atoms with Gasteiger partial charge in [-0.25, -0.2) is 13.1 Å². The minimum absolute atomic E-state index is 0.106. The molecule has 0 N–H and O–H groups in total. The summed E-state index contributed by atoms with van der Waals surface area (Å²) in [6.45, 7) is 8.71.